The Kier molecular flexibility index (Phi) is 8.52. The Balaban J connectivity index is 1.58. The molecule has 0 aliphatic carbocycles. The zero-order chi connectivity index (χ0) is 25.8. The van der Waals surface area contributed by atoms with Crippen molar-refractivity contribution < 1.29 is 13.9 Å². The molecule has 3 heterocycles. The molecule has 1 fully saturated rings. The highest BCUT2D eigenvalue weighted by Crippen LogP contribution is 2.42. The topological polar surface area (TPSA) is 53.6 Å². The third kappa shape index (κ3) is 5.52. The minimum Gasteiger partial charge on any atom is -0.496 e. The first kappa shape index (κ1) is 26.4. The molecule has 2 atom stereocenters. The van der Waals surface area contributed by atoms with Crippen molar-refractivity contribution in [3.8, 4) is 0 Å². The van der Waals surface area contributed by atoms with Crippen LogP contribution in [0.15, 0.2) is 54.2 Å². The summed E-state index contributed by atoms with van der Waals surface area (Å²) in [5, 5.41) is 8.59. The van der Waals surface area contributed by atoms with E-state index in [1.54, 1.807) is 7.11 Å². The number of fused-ring (bicyclic) bond motifs is 3. The van der Waals surface area contributed by atoms with Crippen LogP contribution in [0.25, 0.3) is 10.9 Å². The molecule has 1 N–H and O–H groups in total. The van der Waals surface area contributed by atoms with Gasteiger partial charge in [0.05, 0.1) is 31.5 Å². The highest BCUT2D eigenvalue weighted by molar-refractivity contribution is 5.83. The number of aromatic amines is 1. The lowest BCUT2D eigenvalue weighted by Gasteiger charge is -2.44. The van der Waals surface area contributed by atoms with Crippen LogP contribution in [-0.2, 0) is 15.9 Å². The number of hydrogen-bond donors (Lipinski definition) is 1. The molecule has 36 heavy (non-hydrogen) atoms. The van der Waals surface area contributed by atoms with Gasteiger partial charge in [0.25, 0.3) is 0 Å². The van der Waals surface area contributed by atoms with Gasteiger partial charge in [0.1, 0.15) is 18.1 Å². The van der Waals surface area contributed by atoms with Crippen molar-refractivity contribution in [2.45, 2.75) is 46.2 Å². The first-order valence-corrected chi connectivity index (χ1v) is 13.1. The van der Waals surface area contributed by atoms with Crippen molar-refractivity contribution in [1.82, 2.24) is 20.0 Å². The first-order chi connectivity index (χ1) is 17.4. The quantitative estimate of drug-likeness (QED) is 0.333. The average molecular weight is 497 g/mol. The number of ether oxygens (including phenoxy) is 2. The van der Waals surface area contributed by atoms with Crippen LogP contribution in [0, 0.1) is 11.8 Å². The van der Waals surface area contributed by atoms with Crippen molar-refractivity contribution in [3.05, 3.63) is 65.3 Å². The fraction of sp³-hybridized carbons (Fsp3) is 0.552. The molecule has 0 saturated carbocycles. The van der Waals surface area contributed by atoms with Crippen molar-refractivity contribution in [2.75, 3.05) is 46.6 Å². The van der Waals surface area contributed by atoms with Gasteiger partial charge in [-0.05, 0) is 49.5 Å². The number of rotatable bonds is 11. The number of allylic oxidation sites excluding steroid dienone is 2. The zero-order valence-electron chi connectivity index (χ0n) is 22.4. The molecular weight excluding hydrogens is 455 g/mol. The molecule has 0 amide bonds. The maximum Gasteiger partial charge on any atom is 0.127 e. The summed E-state index contributed by atoms with van der Waals surface area (Å²) in [6, 6.07) is 4.67. The molecular formula is C29H41FN4O2. The highest BCUT2D eigenvalue weighted by atomic mass is 19.1. The summed E-state index contributed by atoms with van der Waals surface area (Å²) in [6.07, 6.45) is 6.81. The highest BCUT2D eigenvalue weighted by Gasteiger charge is 2.36. The standard InChI is InChI=1S/C29H41FN4O2/c1-7-23(36-11-10-33-17-22(14-30)18-33)13-28(35-6)21(5)29-24-8-9-27-26(15-31-32-27)25(24)12-20(4)34(29)16-19(2)3/h7-9,13,15,19-20,22,29H,5,10-12,14,16-18H2,1-4,6H3,(H,31,32)/b23-7+,28-13+/t20-,29-/m1/s1. The van der Waals surface area contributed by atoms with Gasteiger partial charge in [-0.1, -0.05) is 26.5 Å². The summed E-state index contributed by atoms with van der Waals surface area (Å²) in [5.41, 5.74) is 4.58. The van der Waals surface area contributed by atoms with E-state index >= 15 is 0 Å². The third-order valence-electron chi connectivity index (χ3n) is 7.39. The third-order valence-corrected chi connectivity index (χ3v) is 7.39. The van der Waals surface area contributed by atoms with E-state index in [1.165, 1.54) is 16.5 Å². The van der Waals surface area contributed by atoms with Gasteiger partial charge in [-0.25, -0.2) is 0 Å². The first-order valence-electron chi connectivity index (χ1n) is 13.1. The normalized spacial score (nSPS) is 22.1. The minimum absolute atomic E-state index is 0.00604. The number of benzene rings is 1. The molecule has 7 heteroatoms. The number of aromatic nitrogens is 2. The lowest BCUT2D eigenvalue weighted by atomic mass is 9.82. The second-order valence-electron chi connectivity index (χ2n) is 10.6. The molecule has 0 radical (unpaired) electrons. The van der Waals surface area contributed by atoms with Crippen molar-refractivity contribution in [3.63, 3.8) is 0 Å². The second-order valence-corrected chi connectivity index (χ2v) is 10.6. The van der Waals surface area contributed by atoms with E-state index in [2.05, 4.69) is 59.5 Å². The van der Waals surface area contributed by atoms with Crippen LogP contribution in [-0.4, -0.2) is 72.6 Å². The molecule has 4 rings (SSSR count). The van der Waals surface area contributed by atoms with Gasteiger partial charge in [0, 0.05) is 55.2 Å². The Bertz CT molecular complexity index is 1120. The number of alkyl halides is 1. The molecule has 2 aromatic rings. The summed E-state index contributed by atoms with van der Waals surface area (Å²) < 4.78 is 24.7. The second kappa shape index (κ2) is 11.6. The van der Waals surface area contributed by atoms with Gasteiger partial charge < -0.3 is 9.47 Å². The van der Waals surface area contributed by atoms with Crippen LogP contribution < -0.4 is 0 Å². The summed E-state index contributed by atoms with van der Waals surface area (Å²) >= 11 is 0. The number of nitrogens with one attached hydrogen (secondary N) is 1. The van der Waals surface area contributed by atoms with E-state index in [-0.39, 0.29) is 18.6 Å². The Morgan fingerprint density at radius 2 is 2.11 bits per heavy atom. The van der Waals surface area contributed by atoms with Crippen LogP contribution in [0.3, 0.4) is 0 Å². The van der Waals surface area contributed by atoms with Gasteiger partial charge in [-0.3, -0.25) is 19.3 Å². The Morgan fingerprint density at radius 1 is 1.33 bits per heavy atom. The number of halogens is 1. The molecule has 196 valence electrons. The van der Waals surface area contributed by atoms with Crippen LogP contribution in [0.2, 0.25) is 0 Å². The fourth-order valence-electron chi connectivity index (χ4n) is 5.52. The number of likely N-dealkylation sites (tertiary alicyclic amines) is 1. The predicted molar refractivity (Wildman–Crippen MR) is 143 cm³/mol. The predicted octanol–water partition coefficient (Wildman–Crippen LogP) is 5.41. The van der Waals surface area contributed by atoms with E-state index in [1.807, 2.05) is 25.3 Å². The number of methoxy groups -OCH3 is 1. The van der Waals surface area contributed by atoms with Crippen molar-refractivity contribution >= 4 is 10.9 Å². The van der Waals surface area contributed by atoms with E-state index in [0.29, 0.717) is 18.6 Å². The Morgan fingerprint density at radius 3 is 2.78 bits per heavy atom. The number of H-pyrrole nitrogens is 1. The largest absolute Gasteiger partial charge is 0.496 e. The smallest absolute Gasteiger partial charge is 0.127 e. The lowest BCUT2D eigenvalue weighted by Crippen LogP contribution is -2.48. The van der Waals surface area contributed by atoms with Crippen LogP contribution >= 0.6 is 0 Å². The van der Waals surface area contributed by atoms with Gasteiger partial charge in [0.15, 0.2) is 0 Å². The molecule has 1 aromatic heterocycles. The van der Waals surface area contributed by atoms with Gasteiger partial charge in [0.2, 0.25) is 0 Å². The fourth-order valence-corrected chi connectivity index (χ4v) is 5.52. The number of nitrogens with zero attached hydrogens (tertiary/aromatic N) is 3. The average Bonchev–Trinajstić information content (AvgIpc) is 3.32. The summed E-state index contributed by atoms with van der Waals surface area (Å²) in [5.74, 6) is 2.17. The zero-order valence-corrected chi connectivity index (χ0v) is 22.4. The molecule has 0 spiro atoms. The molecule has 2 aliphatic heterocycles. The molecule has 2 aliphatic rings. The molecule has 1 aromatic carbocycles. The van der Waals surface area contributed by atoms with Crippen LogP contribution in [0.4, 0.5) is 4.39 Å². The summed E-state index contributed by atoms with van der Waals surface area (Å²) in [6.45, 7) is 17.0. The lowest BCUT2D eigenvalue weighted by molar-refractivity contribution is 0.0564. The van der Waals surface area contributed by atoms with Crippen molar-refractivity contribution in [2.24, 2.45) is 11.8 Å². The Hall–Kier alpha value is -2.64. The minimum atomic E-state index is -0.234. The van der Waals surface area contributed by atoms with E-state index in [9.17, 15) is 4.39 Å². The maximum absolute atomic E-state index is 12.7. The van der Waals surface area contributed by atoms with Crippen LogP contribution in [0.5, 0.6) is 0 Å². The van der Waals surface area contributed by atoms with Gasteiger partial charge >= 0.3 is 0 Å². The van der Waals surface area contributed by atoms with E-state index < -0.39 is 0 Å². The molecule has 0 unspecified atom stereocenters. The van der Waals surface area contributed by atoms with Crippen molar-refractivity contribution in [1.29, 1.82) is 0 Å². The SMILES string of the molecule is C=C(/C(=C\C(=C/C)OCCN1CC(CF)C1)OC)[C@@H]1c2ccc3[nH]ncc3c2C[C@@H](C)N1CC(C)C. The van der Waals surface area contributed by atoms with E-state index in [0.717, 1.165) is 55.2 Å². The van der Waals surface area contributed by atoms with Gasteiger partial charge in [-0.15, -0.1) is 0 Å². The monoisotopic (exact) mass is 496 g/mol. The maximum atomic E-state index is 12.7. The number of hydrogen-bond acceptors (Lipinski definition) is 5. The van der Waals surface area contributed by atoms with Crippen LogP contribution in [0.1, 0.15) is 44.9 Å². The molecule has 6 nitrogen and oxygen atoms in total. The van der Waals surface area contributed by atoms with Gasteiger partial charge in [-0.2, -0.15) is 5.10 Å². The van der Waals surface area contributed by atoms with E-state index in [4.69, 9.17) is 9.47 Å². The summed E-state index contributed by atoms with van der Waals surface area (Å²) in [4.78, 5) is 4.77. The summed E-state index contributed by atoms with van der Waals surface area (Å²) in [7, 11) is 1.70. The molecule has 0 bridgehead atoms. The molecule has 1 saturated heterocycles. The Labute approximate surface area is 214 Å².